The number of hydrogen-bond donors (Lipinski definition) is 1. The zero-order valence-electron chi connectivity index (χ0n) is 9.75. The summed E-state index contributed by atoms with van der Waals surface area (Å²) in [6, 6.07) is 1.77. The van der Waals surface area contributed by atoms with Crippen LogP contribution >= 0.6 is 0 Å². The van der Waals surface area contributed by atoms with Crippen molar-refractivity contribution in [3.63, 3.8) is 0 Å². The van der Waals surface area contributed by atoms with Gasteiger partial charge in [0.05, 0.1) is 18.9 Å². The summed E-state index contributed by atoms with van der Waals surface area (Å²) < 4.78 is 10.4. The molecule has 0 aliphatic carbocycles. The summed E-state index contributed by atoms with van der Waals surface area (Å²) in [5, 5.41) is 3.90. The van der Waals surface area contributed by atoms with Crippen LogP contribution in [0.4, 0.5) is 0 Å². The molecule has 2 N–H and O–H groups in total. The summed E-state index contributed by atoms with van der Waals surface area (Å²) in [6.07, 6.45) is 3.25. The van der Waals surface area contributed by atoms with Gasteiger partial charge < -0.3 is 15.0 Å². The molecule has 0 fully saturated rings. The molecule has 6 nitrogen and oxygen atoms in total. The maximum absolute atomic E-state index is 5.55. The van der Waals surface area contributed by atoms with Crippen LogP contribution in [0, 0.1) is 0 Å². The Bertz CT molecular complexity index is 498. The quantitative estimate of drug-likeness (QED) is 0.855. The number of nitrogens with two attached hydrogens (primary N) is 1. The number of pyridine rings is 1. The Morgan fingerprint density at radius 2 is 2.35 bits per heavy atom. The first-order chi connectivity index (χ1) is 8.26. The minimum absolute atomic E-state index is 0.0698. The highest BCUT2D eigenvalue weighted by atomic mass is 16.5. The van der Waals surface area contributed by atoms with Crippen LogP contribution in [0.5, 0.6) is 5.75 Å². The first-order valence-electron chi connectivity index (χ1n) is 5.28. The monoisotopic (exact) mass is 234 g/mol. The predicted molar refractivity (Wildman–Crippen MR) is 61.6 cm³/mol. The van der Waals surface area contributed by atoms with Gasteiger partial charge in [0.15, 0.2) is 5.82 Å². The zero-order chi connectivity index (χ0) is 12.3. The van der Waals surface area contributed by atoms with Crippen LogP contribution in [0.3, 0.4) is 0 Å². The molecule has 0 saturated heterocycles. The molecule has 17 heavy (non-hydrogen) atoms. The fourth-order valence-electron chi connectivity index (χ4n) is 1.37. The first-order valence-corrected chi connectivity index (χ1v) is 5.28. The number of aromatic nitrogens is 3. The van der Waals surface area contributed by atoms with Gasteiger partial charge in [0.2, 0.25) is 0 Å². The van der Waals surface area contributed by atoms with Gasteiger partial charge >= 0.3 is 0 Å². The molecule has 0 aromatic carbocycles. The average molecular weight is 234 g/mol. The Morgan fingerprint density at radius 3 is 3.06 bits per heavy atom. The van der Waals surface area contributed by atoms with Crippen molar-refractivity contribution in [1.29, 1.82) is 0 Å². The van der Waals surface area contributed by atoms with Crippen molar-refractivity contribution < 1.29 is 9.26 Å². The molecule has 90 valence electrons. The van der Waals surface area contributed by atoms with E-state index in [0.717, 1.165) is 5.56 Å². The van der Waals surface area contributed by atoms with E-state index in [0.29, 0.717) is 24.0 Å². The molecule has 2 heterocycles. The van der Waals surface area contributed by atoms with Gasteiger partial charge in [-0.3, -0.25) is 4.98 Å². The van der Waals surface area contributed by atoms with Crippen molar-refractivity contribution in [3.8, 4) is 17.2 Å². The van der Waals surface area contributed by atoms with Crippen molar-refractivity contribution in [3.05, 3.63) is 24.3 Å². The fourth-order valence-corrected chi connectivity index (χ4v) is 1.37. The van der Waals surface area contributed by atoms with E-state index in [2.05, 4.69) is 15.1 Å². The Morgan fingerprint density at radius 1 is 1.53 bits per heavy atom. The van der Waals surface area contributed by atoms with Crippen molar-refractivity contribution in [2.24, 2.45) is 5.73 Å². The lowest BCUT2D eigenvalue weighted by Gasteiger charge is -2.02. The van der Waals surface area contributed by atoms with E-state index in [9.17, 15) is 0 Å². The molecule has 0 aliphatic rings. The molecule has 0 amide bonds. The summed E-state index contributed by atoms with van der Waals surface area (Å²) in [4.78, 5) is 8.26. The Hall–Kier alpha value is -1.95. The van der Waals surface area contributed by atoms with Crippen LogP contribution in [-0.4, -0.2) is 28.8 Å². The average Bonchev–Trinajstić information content (AvgIpc) is 2.87. The molecule has 2 aromatic rings. The highest BCUT2D eigenvalue weighted by molar-refractivity contribution is 5.61. The fraction of sp³-hybridized carbons (Fsp3) is 0.364. The van der Waals surface area contributed by atoms with Crippen molar-refractivity contribution in [2.75, 3.05) is 13.7 Å². The molecule has 0 aliphatic heterocycles. The third-order valence-corrected chi connectivity index (χ3v) is 2.47. The summed E-state index contributed by atoms with van der Waals surface area (Å²) in [7, 11) is 1.57. The summed E-state index contributed by atoms with van der Waals surface area (Å²) in [5.74, 6) is 1.68. The standard InChI is InChI=1S/C11H14N4O2/c1-7(5-12)10-14-11(17-15-10)8-3-4-13-6-9(8)16-2/h3-4,6-7H,5,12H2,1-2H3. The molecule has 1 atom stereocenters. The number of rotatable bonds is 4. The normalized spacial score (nSPS) is 12.4. The third kappa shape index (κ3) is 2.26. The minimum Gasteiger partial charge on any atom is -0.494 e. The van der Waals surface area contributed by atoms with E-state index in [1.807, 2.05) is 6.92 Å². The third-order valence-electron chi connectivity index (χ3n) is 2.47. The van der Waals surface area contributed by atoms with Gasteiger partial charge in [-0.05, 0) is 6.07 Å². The number of nitrogens with zero attached hydrogens (tertiary/aromatic N) is 3. The van der Waals surface area contributed by atoms with Gasteiger partial charge in [-0.1, -0.05) is 12.1 Å². The summed E-state index contributed by atoms with van der Waals surface area (Å²) in [6.45, 7) is 2.42. The van der Waals surface area contributed by atoms with Crippen LogP contribution in [0.15, 0.2) is 23.0 Å². The van der Waals surface area contributed by atoms with Crippen molar-refractivity contribution >= 4 is 0 Å². The molecule has 2 aromatic heterocycles. The van der Waals surface area contributed by atoms with Crippen LogP contribution in [-0.2, 0) is 0 Å². The second-order valence-electron chi connectivity index (χ2n) is 3.67. The van der Waals surface area contributed by atoms with E-state index in [-0.39, 0.29) is 5.92 Å². The van der Waals surface area contributed by atoms with Gasteiger partial charge in [0, 0.05) is 18.7 Å². The smallest absolute Gasteiger partial charge is 0.261 e. The lowest BCUT2D eigenvalue weighted by atomic mass is 10.2. The van der Waals surface area contributed by atoms with Crippen LogP contribution in [0.1, 0.15) is 18.7 Å². The SMILES string of the molecule is COc1cnccc1-c1nc(C(C)CN)no1. The molecule has 0 bridgehead atoms. The van der Waals surface area contributed by atoms with E-state index in [1.165, 1.54) is 0 Å². The van der Waals surface area contributed by atoms with E-state index < -0.39 is 0 Å². The minimum atomic E-state index is 0.0698. The van der Waals surface area contributed by atoms with Crippen LogP contribution < -0.4 is 10.5 Å². The molecule has 0 saturated carbocycles. The van der Waals surface area contributed by atoms with Gasteiger partial charge in [0.25, 0.3) is 5.89 Å². The van der Waals surface area contributed by atoms with E-state index in [1.54, 1.807) is 25.6 Å². The van der Waals surface area contributed by atoms with E-state index in [4.69, 9.17) is 15.0 Å². The molecule has 1 unspecified atom stereocenters. The Labute approximate surface area is 98.8 Å². The summed E-state index contributed by atoms with van der Waals surface area (Å²) in [5.41, 5.74) is 6.28. The Balaban J connectivity index is 2.37. The predicted octanol–water partition coefficient (Wildman–Crippen LogP) is 1.20. The zero-order valence-corrected chi connectivity index (χ0v) is 9.75. The topological polar surface area (TPSA) is 87.1 Å². The van der Waals surface area contributed by atoms with Crippen LogP contribution in [0.2, 0.25) is 0 Å². The number of methoxy groups -OCH3 is 1. The molecule has 0 radical (unpaired) electrons. The largest absolute Gasteiger partial charge is 0.494 e. The van der Waals surface area contributed by atoms with Crippen LogP contribution in [0.25, 0.3) is 11.5 Å². The van der Waals surface area contributed by atoms with Gasteiger partial charge in [-0.15, -0.1) is 0 Å². The lowest BCUT2D eigenvalue weighted by molar-refractivity contribution is 0.400. The van der Waals surface area contributed by atoms with E-state index >= 15 is 0 Å². The number of ether oxygens (including phenoxy) is 1. The molecule has 6 heteroatoms. The maximum atomic E-state index is 5.55. The molecular formula is C11H14N4O2. The van der Waals surface area contributed by atoms with Gasteiger partial charge in [-0.2, -0.15) is 4.98 Å². The second kappa shape index (κ2) is 4.92. The number of hydrogen-bond acceptors (Lipinski definition) is 6. The molecule has 2 rings (SSSR count). The van der Waals surface area contributed by atoms with Crippen molar-refractivity contribution in [2.45, 2.75) is 12.8 Å². The second-order valence-corrected chi connectivity index (χ2v) is 3.67. The molecular weight excluding hydrogens is 220 g/mol. The first kappa shape index (κ1) is 11.5. The lowest BCUT2D eigenvalue weighted by Crippen LogP contribution is -2.10. The maximum Gasteiger partial charge on any atom is 0.261 e. The Kier molecular flexibility index (Phi) is 3.34. The van der Waals surface area contributed by atoms with Gasteiger partial charge in [0.1, 0.15) is 5.75 Å². The van der Waals surface area contributed by atoms with Crippen molar-refractivity contribution in [1.82, 2.24) is 15.1 Å². The molecule has 0 spiro atoms. The summed E-state index contributed by atoms with van der Waals surface area (Å²) >= 11 is 0. The van der Waals surface area contributed by atoms with Gasteiger partial charge in [-0.25, -0.2) is 0 Å². The highest BCUT2D eigenvalue weighted by Gasteiger charge is 2.16. The highest BCUT2D eigenvalue weighted by Crippen LogP contribution is 2.27.